The molecule has 0 aliphatic rings. The molecule has 0 aliphatic heterocycles. The van der Waals surface area contributed by atoms with Crippen molar-refractivity contribution >= 4 is 34.6 Å². The molecular formula is C25H19N3O4S. The van der Waals surface area contributed by atoms with Gasteiger partial charge in [-0.1, -0.05) is 96.2 Å². The third-order valence-electron chi connectivity index (χ3n) is 5.05. The number of rotatable bonds is 9. The van der Waals surface area contributed by atoms with E-state index in [0.29, 0.717) is 5.13 Å². The molecule has 0 radical (unpaired) electrons. The summed E-state index contributed by atoms with van der Waals surface area (Å²) in [6.45, 7) is 0.0553. The van der Waals surface area contributed by atoms with E-state index in [4.69, 9.17) is 0 Å². The Bertz CT molecular complexity index is 1160. The van der Waals surface area contributed by atoms with E-state index in [1.165, 1.54) is 11.3 Å². The van der Waals surface area contributed by atoms with E-state index >= 15 is 0 Å². The Labute approximate surface area is 194 Å². The number of carboxylic acid groups (broad SMARTS) is 1. The van der Waals surface area contributed by atoms with Gasteiger partial charge in [-0.3, -0.25) is 4.79 Å². The van der Waals surface area contributed by atoms with E-state index in [-0.39, 0.29) is 12.2 Å². The number of anilines is 1. The van der Waals surface area contributed by atoms with Gasteiger partial charge in [-0.25, -0.2) is 9.78 Å². The molecule has 8 heteroatoms. The van der Waals surface area contributed by atoms with Crippen LogP contribution in [-0.2, 0) is 20.0 Å². The Kier molecular flexibility index (Phi) is 6.56. The number of carboxylic acids is 1. The van der Waals surface area contributed by atoms with Crippen LogP contribution < -0.4 is 5.32 Å². The largest absolute Gasteiger partial charge is 0.476 e. The summed E-state index contributed by atoms with van der Waals surface area (Å²) >= 11 is 1.23. The lowest BCUT2D eigenvalue weighted by Crippen LogP contribution is -2.38. The molecule has 33 heavy (non-hydrogen) atoms. The zero-order chi connectivity index (χ0) is 23.1. The number of aliphatic carboxylic acids is 1. The molecule has 0 spiro atoms. The van der Waals surface area contributed by atoms with Crippen molar-refractivity contribution in [1.82, 2.24) is 4.98 Å². The quantitative estimate of drug-likeness (QED) is 0.126. The number of carbonyl (C=O) groups excluding carboxylic acids is 1. The van der Waals surface area contributed by atoms with Crippen molar-refractivity contribution in [2.24, 2.45) is 5.16 Å². The van der Waals surface area contributed by atoms with Crippen molar-refractivity contribution in [2.75, 3.05) is 5.32 Å². The zero-order valence-corrected chi connectivity index (χ0v) is 18.1. The number of benzene rings is 3. The molecule has 1 aromatic heterocycles. The predicted octanol–water partition coefficient (Wildman–Crippen LogP) is 4.51. The van der Waals surface area contributed by atoms with Crippen molar-refractivity contribution in [3.8, 4) is 0 Å². The molecule has 2 N–H and O–H groups in total. The number of carbonyl (C=O) groups is 2. The van der Waals surface area contributed by atoms with Gasteiger partial charge in [-0.15, -0.1) is 11.3 Å². The monoisotopic (exact) mass is 457 g/mol. The smallest absolute Gasteiger partial charge is 0.360 e. The highest BCUT2D eigenvalue weighted by Gasteiger charge is 2.37. The summed E-state index contributed by atoms with van der Waals surface area (Å²) in [6, 6.07) is 29.9. The second kappa shape index (κ2) is 9.88. The van der Waals surface area contributed by atoms with E-state index in [2.05, 4.69) is 20.3 Å². The summed E-state index contributed by atoms with van der Waals surface area (Å²) in [5.74, 6) is -1.35. The molecule has 0 aliphatic carbocycles. The minimum atomic E-state index is -1.35. The lowest BCUT2D eigenvalue weighted by Gasteiger charge is -2.36. The molecule has 164 valence electrons. The first-order valence-electron chi connectivity index (χ1n) is 9.96. The molecule has 1 heterocycles. The van der Waals surface area contributed by atoms with E-state index < -0.39 is 17.2 Å². The Morgan fingerprint density at radius 1 is 0.909 bits per heavy atom. The Morgan fingerprint density at radius 2 is 1.39 bits per heavy atom. The Balaban J connectivity index is 1.88. The van der Waals surface area contributed by atoms with Gasteiger partial charge < -0.3 is 15.3 Å². The van der Waals surface area contributed by atoms with Gasteiger partial charge in [-0.2, -0.15) is 0 Å². The molecule has 7 nitrogen and oxygen atoms in total. The molecule has 4 aromatic rings. The fourth-order valence-corrected chi connectivity index (χ4v) is 4.40. The van der Waals surface area contributed by atoms with Crippen molar-refractivity contribution in [2.45, 2.75) is 5.54 Å². The number of nitrogens with zero attached hydrogens (tertiary/aromatic N) is 2. The first-order chi connectivity index (χ1) is 16.1. The SMILES string of the molecule is O=CON=C(C(=O)O)c1csc(NC(c2ccccc2)(c2ccccc2)c2ccccc2)n1. The van der Waals surface area contributed by atoms with Crippen LogP contribution in [0.1, 0.15) is 22.4 Å². The van der Waals surface area contributed by atoms with Gasteiger partial charge in [0.1, 0.15) is 11.2 Å². The molecule has 0 saturated carbocycles. The van der Waals surface area contributed by atoms with E-state index in [9.17, 15) is 14.7 Å². The van der Waals surface area contributed by atoms with Gasteiger partial charge in [0.2, 0.25) is 5.71 Å². The second-order valence-corrected chi connectivity index (χ2v) is 7.82. The molecule has 0 amide bonds. The minimum Gasteiger partial charge on any atom is -0.476 e. The summed E-state index contributed by atoms with van der Waals surface area (Å²) in [4.78, 5) is 30.8. The van der Waals surface area contributed by atoms with E-state index in [1.807, 2.05) is 91.0 Å². The van der Waals surface area contributed by atoms with Crippen LogP contribution in [0.25, 0.3) is 0 Å². The predicted molar refractivity (Wildman–Crippen MR) is 126 cm³/mol. The lowest BCUT2D eigenvalue weighted by atomic mass is 9.77. The highest BCUT2D eigenvalue weighted by Crippen LogP contribution is 2.40. The van der Waals surface area contributed by atoms with Gasteiger partial charge in [0.15, 0.2) is 5.13 Å². The summed E-state index contributed by atoms with van der Waals surface area (Å²) in [6.07, 6.45) is 0. The Morgan fingerprint density at radius 3 is 1.82 bits per heavy atom. The van der Waals surface area contributed by atoms with Crippen LogP contribution in [0.3, 0.4) is 0 Å². The van der Waals surface area contributed by atoms with Crippen LogP contribution in [0.15, 0.2) is 102 Å². The van der Waals surface area contributed by atoms with Crippen molar-refractivity contribution in [3.05, 3.63) is 119 Å². The van der Waals surface area contributed by atoms with Gasteiger partial charge in [0, 0.05) is 5.38 Å². The molecule has 0 fully saturated rings. The number of oxime groups is 1. The molecule has 4 rings (SSSR count). The topological polar surface area (TPSA) is 101 Å². The average molecular weight is 458 g/mol. The average Bonchev–Trinajstić information content (AvgIpc) is 3.32. The molecule has 3 aromatic carbocycles. The maximum atomic E-state index is 11.6. The highest BCUT2D eigenvalue weighted by atomic mass is 32.1. The first kappa shape index (κ1) is 21.9. The number of nitrogens with one attached hydrogen (secondary N) is 1. The summed E-state index contributed by atoms with van der Waals surface area (Å²) in [5.41, 5.74) is 1.76. The number of aromatic nitrogens is 1. The van der Waals surface area contributed by atoms with Crippen molar-refractivity contribution in [3.63, 3.8) is 0 Å². The molecular weight excluding hydrogens is 438 g/mol. The number of thiazole rings is 1. The van der Waals surface area contributed by atoms with Crippen molar-refractivity contribution in [1.29, 1.82) is 0 Å². The van der Waals surface area contributed by atoms with Crippen LogP contribution >= 0.6 is 11.3 Å². The van der Waals surface area contributed by atoms with Crippen LogP contribution in [0, 0.1) is 0 Å². The molecule has 0 bridgehead atoms. The van der Waals surface area contributed by atoms with Crippen LogP contribution in [0.5, 0.6) is 0 Å². The highest BCUT2D eigenvalue weighted by molar-refractivity contribution is 7.14. The third kappa shape index (κ3) is 4.51. The summed E-state index contributed by atoms with van der Waals surface area (Å²) in [5, 5.41) is 18.4. The summed E-state index contributed by atoms with van der Waals surface area (Å²) in [7, 11) is 0. The van der Waals surface area contributed by atoms with Gasteiger partial charge in [-0.05, 0) is 16.7 Å². The molecule has 0 unspecified atom stereocenters. The standard InChI is InChI=1S/C25H19N3O4S/c29-17-32-28-22(23(30)31)21-16-33-24(26-21)27-25(18-10-4-1-5-11-18,19-12-6-2-7-13-19)20-14-8-3-9-15-20/h1-17H,(H,26,27)(H,30,31). The van der Waals surface area contributed by atoms with Crippen LogP contribution in [-0.4, -0.2) is 28.2 Å². The minimum absolute atomic E-state index is 0.0553. The number of hydrogen-bond donors (Lipinski definition) is 2. The molecule has 0 saturated heterocycles. The Hall–Kier alpha value is -4.30. The van der Waals surface area contributed by atoms with E-state index in [1.54, 1.807) is 5.38 Å². The van der Waals surface area contributed by atoms with Gasteiger partial charge >= 0.3 is 12.4 Å². The van der Waals surface area contributed by atoms with Gasteiger partial charge in [0.05, 0.1) is 0 Å². The normalized spacial score (nSPS) is 11.6. The summed E-state index contributed by atoms with van der Waals surface area (Å²) < 4.78 is 0. The third-order valence-corrected chi connectivity index (χ3v) is 5.81. The zero-order valence-electron chi connectivity index (χ0n) is 17.3. The number of hydrogen-bond acceptors (Lipinski definition) is 7. The maximum Gasteiger partial charge on any atom is 0.360 e. The van der Waals surface area contributed by atoms with Crippen LogP contribution in [0.2, 0.25) is 0 Å². The van der Waals surface area contributed by atoms with Gasteiger partial charge in [0.25, 0.3) is 0 Å². The van der Waals surface area contributed by atoms with Crippen molar-refractivity contribution < 1.29 is 19.5 Å². The molecule has 0 atom stereocenters. The fraction of sp³-hybridized carbons (Fsp3) is 0.0400. The second-order valence-electron chi connectivity index (χ2n) is 6.96. The maximum absolute atomic E-state index is 11.6. The fourth-order valence-electron chi connectivity index (χ4n) is 3.65. The van der Waals surface area contributed by atoms with E-state index in [0.717, 1.165) is 16.7 Å². The first-order valence-corrected chi connectivity index (χ1v) is 10.8. The van der Waals surface area contributed by atoms with Crippen LogP contribution in [0.4, 0.5) is 5.13 Å². The lowest BCUT2D eigenvalue weighted by molar-refractivity contribution is -0.130.